The highest BCUT2D eigenvalue weighted by atomic mass is 35.5. The van der Waals surface area contributed by atoms with E-state index in [4.69, 9.17) is 17.3 Å². The summed E-state index contributed by atoms with van der Waals surface area (Å²) in [7, 11) is 1.66. The first-order valence-corrected chi connectivity index (χ1v) is 3.94. The maximum absolute atomic E-state index is 10.8. The van der Waals surface area contributed by atoms with Gasteiger partial charge in [-0.15, -0.1) is 0 Å². The number of anilines is 1. The van der Waals surface area contributed by atoms with Gasteiger partial charge in [0.25, 0.3) is 5.91 Å². The Balaban J connectivity index is 3.28. The molecule has 1 rings (SSSR count). The maximum Gasteiger partial charge on any atom is 0.252 e. The van der Waals surface area contributed by atoms with E-state index >= 15 is 0 Å². The van der Waals surface area contributed by atoms with Crippen LogP contribution in [0, 0.1) is 0 Å². The summed E-state index contributed by atoms with van der Waals surface area (Å²) in [4.78, 5) is 10.8. The molecule has 0 atom stereocenters. The summed E-state index contributed by atoms with van der Waals surface area (Å²) in [6, 6.07) is 2.67. The standard InChI is InChI=1S/C8H9ClN2O2/c1-11-6-3-7(12)4(8(10)13)2-5(6)9/h2-3,11-12H,1H3,(H2,10,13). The van der Waals surface area contributed by atoms with Crippen LogP contribution in [0.1, 0.15) is 10.4 Å². The number of hydrogen-bond acceptors (Lipinski definition) is 3. The Morgan fingerprint density at radius 1 is 1.62 bits per heavy atom. The van der Waals surface area contributed by atoms with E-state index in [1.807, 2.05) is 0 Å². The number of rotatable bonds is 2. The highest BCUT2D eigenvalue weighted by Gasteiger charge is 2.10. The minimum absolute atomic E-state index is 0.0176. The van der Waals surface area contributed by atoms with Crippen LogP contribution in [0.4, 0.5) is 5.69 Å². The molecule has 0 unspecified atom stereocenters. The summed E-state index contributed by atoms with van der Waals surface area (Å²) >= 11 is 5.76. The van der Waals surface area contributed by atoms with Crippen molar-refractivity contribution in [1.82, 2.24) is 0 Å². The van der Waals surface area contributed by atoms with Crippen molar-refractivity contribution in [2.24, 2.45) is 5.73 Å². The quantitative estimate of drug-likeness (QED) is 0.671. The van der Waals surface area contributed by atoms with Crippen molar-refractivity contribution in [3.63, 3.8) is 0 Å². The van der Waals surface area contributed by atoms with Gasteiger partial charge in [0.2, 0.25) is 0 Å². The fourth-order valence-electron chi connectivity index (χ4n) is 0.951. The zero-order chi connectivity index (χ0) is 10.0. The average Bonchev–Trinajstić information content (AvgIpc) is 2.07. The molecule has 70 valence electrons. The van der Waals surface area contributed by atoms with Crippen molar-refractivity contribution >= 4 is 23.2 Å². The first-order valence-electron chi connectivity index (χ1n) is 3.56. The molecule has 1 amide bonds. The van der Waals surface area contributed by atoms with E-state index < -0.39 is 5.91 Å². The molecule has 0 aromatic heterocycles. The third kappa shape index (κ3) is 1.84. The molecule has 4 N–H and O–H groups in total. The van der Waals surface area contributed by atoms with Gasteiger partial charge in [-0.3, -0.25) is 4.79 Å². The summed E-state index contributed by atoms with van der Waals surface area (Å²) < 4.78 is 0. The molecule has 0 spiro atoms. The van der Waals surface area contributed by atoms with E-state index in [-0.39, 0.29) is 11.3 Å². The van der Waals surface area contributed by atoms with E-state index in [2.05, 4.69) is 5.32 Å². The van der Waals surface area contributed by atoms with Crippen molar-refractivity contribution < 1.29 is 9.90 Å². The molecular weight excluding hydrogens is 192 g/mol. The maximum atomic E-state index is 10.8. The third-order valence-corrected chi connectivity index (χ3v) is 1.93. The molecule has 1 aromatic rings. The van der Waals surface area contributed by atoms with E-state index in [1.165, 1.54) is 12.1 Å². The lowest BCUT2D eigenvalue weighted by Crippen LogP contribution is -2.11. The summed E-state index contributed by atoms with van der Waals surface area (Å²) in [6.07, 6.45) is 0. The van der Waals surface area contributed by atoms with Crippen LogP contribution >= 0.6 is 11.6 Å². The number of hydrogen-bond donors (Lipinski definition) is 3. The van der Waals surface area contributed by atoms with Crippen LogP contribution in [0.2, 0.25) is 5.02 Å². The molecular formula is C8H9ClN2O2. The van der Waals surface area contributed by atoms with Gasteiger partial charge in [0.1, 0.15) is 5.75 Å². The number of nitrogens with two attached hydrogens (primary N) is 1. The molecule has 4 nitrogen and oxygen atoms in total. The van der Waals surface area contributed by atoms with Crippen molar-refractivity contribution in [3.05, 3.63) is 22.7 Å². The van der Waals surface area contributed by atoms with Crippen LogP contribution in [0.25, 0.3) is 0 Å². The Morgan fingerprint density at radius 3 is 2.69 bits per heavy atom. The fourth-order valence-corrected chi connectivity index (χ4v) is 1.21. The lowest BCUT2D eigenvalue weighted by atomic mass is 10.1. The van der Waals surface area contributed by atoms with Crippen LogP contribution < -0.4 is 11.1 Å². The number of carbonyl (C=O) groups excluding carboxylic acids is 1. The zero-order valence-corrected chi connectivity index (χ0v) is 7.72. The molecule has 0 saturated heterocycles. The summed E-state index contributed by atoms with van der Waals surface area (Å²) in [6.45, 7) is 0. The molecule has 0 aliphatic heterocycles. The van der Waals surface area contributed by atoms with Crippen molar-refractivity contribution in [2.75, 3.05) is 12.4 Å². The Labute approximate surface area is 80.3 Å². The van der Waals surface area contributed by atoms with Crippen molar-refractivity contribution in [2.45, 2.75) is 0 Å². The summed E-state index contributed by atoms with van der Waals surface area (Å²) in [5.74, 6) is -0.886. The number of carbonyl (C=O) groups is 1. The molecule has 0 aliphatic rings. The van der Waals surface area contributed by atoms with Crippen molar-refractivity contribution in [1.29, 1.82) is 0 Å². The first kappa shape index (κ1) is 9.67. The number of halogens is 1. The van der Waals surface area contributed by atoms with Gasteiger partial charge in [0, 0.05) is 13.1 Å². The first-order chi connectivity index (χ1) is 6.06. The van der Waals surface area contributed by atoms with E-state index in [0.29, 0.717) is 10.7 Å². The van der Waals surface area contributed by atoms with Gasteiger partial charge in [-0.05, 0) is 6.07 Å². The molecule has 0 saturated carbocycles. The van der Waals surface area contributed by atoms with Gasteiger partial charge in [0.15, 0.2) is 0 Å². The van der Waals surface area contributed by atoms with Crippen LogP contribution in [-0.4, -0.2) is 18.1 Å². The minimum atomic E-state index is -0.706. The van der Waals surface area contributed by atoms with Gasteiger partial charge in [0.05, 0.1) is 16.3 Å². The predicted molar refractivity (Wildman–Crippen MR) is 51.2 cm³/mol. The Kier molecular flexibility index (Phi) is 2.63. The SMILES string of the molecule is CNc1cc(O)c(C(N)=O)cc1Cl. The normalized spacial score (nSPS) is 9.69. The molecule has 5 heteroatoms. The van der Waals surface area contributed by atoms with Crippen LogP contribution in [0.15, 0.2) is 12.1 Å². The van der Waals surface area contributed by atoms with Crippen LogP contribution in [0.3, 0.4) is 0 Å². The zero-order valence-electron chi connectivity index (χ0n) is 6.97. The Morgan fingerprint density at radius 2 is 2.23 bits per heavy atom. The molecule has 0 aliphatic carbocycles. The van der Waals surface area contributed by atoms with Gasteiger partial charge < -0.3 is 16.2 Å². The Hall–Kier alpha value is -1.42. The number of aromatic hydroxyl groups is 1. The summed E-state index contributed by atoms with van der Waals surface area (Å²) in [5, 5.41) is 12.4. The summed E-state index contributed by atoms with van der Waals surface area (Å²) in [5.41, 5.74) is 5.56. The van der Waals surface area contributed by atoms with Gasteiger partial charge >= 0.3 is 0 Å². The number of nitrogens with one attached hydrogen (secondary N) is 1. The second kappa shape index (κ2) is 3.53. The molecule has 0 radical (unpaired) electrons. The second-order valence-corrected chi connectivity index (χ2v) is 2.87. The predicted octanol–water partition coefficient (Wildman–Crippen LogP) is 1.19. The highest BCUT2D eigenvalue weighted by Crippen LogP contribution is 2.29. The Bertz CT molecular complexity index is 352. The number of phenols is 1. The molecule has 0 fully saturated rings. The van der Waals surface area contributed by atoms with Crippen LogP contribution in [-0.2, 0) is 0 Å². The largest absolute Gasteiger partial charge is 0.507 e. The lowest BCUT2D eigenvalue weighted by molar-refractivity contribution is 0.0998. The van der Waals surface area contributed by atoms with Gasteiger partial charge in [-0.25, -0.2) is 0 Å². The molecule has 0 heterocycles. The monoisotopic (exact) mass is 200 g/mol. The number of amides is 1. The minimum Gasteiger partial charge on any atom is -0.507 e. The fraction of sp³-hybridized carbons (Fsp3) is 0.125. The van der Waals surface area contributed by atoms with Gasteiger partial charge in [-0.1, -0.05) is 11.6 Å². The molecule has 0 bridgehead atoms. The lowest BCUT2D eigenvalue weighted by Gasteiger charge is -2.06. The van der Waals surface area contributed by atoms with E-state index in [0.717, 1.165) is 0 Å². The average molecular weight is 201 g/mol. The molecule has 13 heavy (non-hydrogen) atoms. The van der Waals surface area contributed by atoms with E-state index in [9.17, 15) is 9.90 Å². The van der Waals surface area contributed by atoms with Crippen LogP contribution in [0.5, 0.6) is 5.75 Å². The smallest absolute Gasteiger partial charge is 0.252 e. The number of primary amides is 1. The highest BCUT2D eigenvalue weighted by molar-refractivity contribution is 6.33. The topological polar surface area (TPSA) is 75.3 Å². The van der Waals surface area contributed by atoms with Gasteiger partial charge in [-0.2, -0.15) is 0 Å². The number of benzene rings is 1. The van der Waals surface area contributed by atoms with Crippen molar-refractivity contribution in [3.8, 4) is 5.75 Å². The van der Waals surface area contributed by atoms with E-state index in [1.54, 1.807) is 7.05 Å². The third-order valence-electron chi connectivity index (χ3n) is 1.62. The second-order valence-electron chi connectivity index (χ2n) is 2.46. The molecule has 1 aromatic carbocycles.